The Hall–Kier alpha value is -4.89. The third kappa shape index (κ3) is 10.9. The monoisotopic (exact) mass is 828 g/mol. The van der Waals surface area contributed by atoms with Gasteiger partial charge in [-0.2, -0.15) is 5.10 Å². The number of hydrogen-bond donors (Lipinski definition) is 2. The van der Waals surface area contributed by atoms with Crippen molar-refractivity contribution in [2.45, 2.75) is 83.8 Å². The first-order chi connectivity index (χ1) is 28.8. The predicted molar refractivity (Wildman–Crippen MR) is 226 cm³/mol. The van der Waals surface area contributed by atoms with Gasteiger partial charge in [-0.3, -0.25) is 29.0 Å². The maximum atomic E-state index is 15.0. The topological polar surface area (TPSA) is 151 Å². The molecule has 4 amide bonds. The highest BCUT2D eigenvalue weighted by Gasteiger charge is 2.37. The summed E-state index contributed by atoms with van der Waals surface area (Å²) in [6, 6.07) is 11.1. The lowest BCUT2D eigenvalue weighted by Gasteiger charge is -2.41. The molecule has 2 aromatic carbocycles. The van der Waals surface area contributed by atoms with Crippen molar-refractivity contribution in [3.8, 4) is 0 Å². The van der Waals surface area contributed by atoms with Crippen LogP contribution in [0.15, 0.2) is 47.3 Å². The van der Waals surface area contributed by atoms with Crippen LogP contribution in [0.2, 0.25) is 0 Å². The highest BCUT2D eigenvalue weighted by Crippen LogP contribution is 2.29. The molecule has 60 heavy (non-hydrogen) atoms. The van der Waals surface area contributed by atoms with Crippen LogP contribution < -0.4 is 10.9 Å². The molecule has 324 valence electrons. The Kier molecular flexibility index (Phi) is 13.8. The lowest BCUT2D eigenvalue weighted by atomic mass is 9.83. The fourth-order valence-electron chi connectivity index (χ4n) is 9.29. The molecule has 1 saturated carbocycles. The number of carbonyl (C=O) groups excluding carboxylic acids is 4. The third-order valence-electron chi connectivity index (χ3n) is 12.7. The average molecular weight is 829 g/mol. The van der Waals surface area contributed by atoms with Gasteiger partial charge in [-0.25, -0.2) is 14.3 Å². The zero-order valence-electron chi connectivity index (χ0n) is 35.4. The molecule has 7 rings (SSSR count). The molecule has 0 spiro atoms. The Balaban J connectivity index is 0.828. The van der Waals surface area contributed by atoms with E-state index in [4.69, 9.17) is 4.74 Å². The van der Waals surface area contributed by atoms with E-state index in [0.717, 1.165) is 71.2 Å². The molecule has 1 aliphatic carbocycles. The molecule has 0 unspecified atom stereocenters. The van der Waals surface area contributed by atoms with E-state index in [2.05, 4.69) is 25.3 Å². The minimum atomic E-state index is -0.633. The van der Waals surface area contributed by atoms with E-state index in [1.54, 1.807) is 34.1 Å². The van der Waals surface area contributed by atoms with E-state index < -0.39 is 29.5 Å². The van der Waals surface area contributed by atoms with Crippen LogP contribution in [-0.4, -0.2) is 149 Å². The molecular formula is C45H61FN8O6. The normalized spacial score (nSPS) is 19.6. The van der Waals surface area contributed by atoms with Crippen LogP contribution in [0.4, 0.5) is 9.18 Å². The Bertz CT molecular complexity index is 2060. The summed E-state index contributed by atoms with van der Waals surface area (Å²) in [5.41, 5.74) is 0.396. The molecule has 3 saturated heterocycles. The number of aromatic amines is 1. The maximum Gasteiger partial charge on any atom is 0.408 e. The zero-order valence-corrected chi connectivity index (χ0v) is 35.4. The second-order valence-electron chi connectivity index (χ2n) is 18.1. The van der Waals surface area contributed by atoms with E-state index in [1.165, 1.54) is 12.5 Å². The standard InChI is InChI=1S/C45H61FN8O6/c1-45(2,3)60-44(59)47-40(33-9-5-4-6-10-33)43(58)54-21-19-51(20-22-54)29-31-15-17-50(18-16-31)30-39(55)52-23-25-53(26-24-52)42(57)36-27-32(13-14-37(36)46)28-38-34-11-7-8-12-35(34)41(56)49-48-38/h7-8,11-14,27,31,33,40H,4-6,9-10,15-26,28-30H2,1-3H3,(H,47,59)(H,49,56)/t40-/m1/s1. The Morgan fingerprint density at radius 1 is 0.817 bits per heavy atom. The number of alkyl carbamates (subject to hydrolysis) is 1. The van der Waals surface area contributed by atoms with E-state index in [1.807, 2.05) is 37.8 Å². The highest BCUT2D eigenvalue weighted by atomic mass is 19.1. The highest BCUT2D eigenvalue weighted by molar-refractivity contribution is 5.95. The molecule has 3 aromatic rings. The first kappa shape index (κ1) is 43.2. The van der Waals surface area contributed by atoms with Crippen LogP contribution >= 0.6 is 0 Å². The number of nitrogens with zero attached hydrogens (tertiary/aromatic N) is 6. The first-order valence-corrected chi connectivity index (χ1v) is 21.9. The summed E-state index contributed by atoms with van der Waals surface area (Å²) in [6.07, 6.45) is 6.97. The van der Waals surface area contributed by atoms with Gasteiger partial charge in [0.1, 0.15) is 17.5 Å². The van der Waals surface area contributed by atoms with E-state index in [-0.39, 0.29) is 28.9 Å². The number of piperidine rings is 1. The number of halogens is 1. The molecule has 1 aromatic heterocycles. The maximum absolute atomic E-state index is 15.0. The molecule has 4 heterocycles. The lowest BCUT2D eigenvalue weighted by Crippen LogP contribution is -2.58. The van der Waals surface area contributed by atoms with Gasteiger partial charge in [0, 0.05) is 70.7 Å². The van der Waals surface area contributed by atoms with Gasteiger partial charge in [0.15, 0.2) is 0 Å². The Labute approximate surface area is 351 Å². The second kappa shape index (κ2) is 19.2. The number of H-pyrrole nitrogens is 1. The van der Waals surface area contributed by atoms with Crippen molar-refractivity contribution in [3.05, 3.63) is 75.5 Å². The van der Waals surface area contributed by atoms with Crippen molar-refractivity contribution in [2.24, 2.45) is 11.8 Å². The number of benzene rings is 2. The number of ether oxygens (including phenoxy) is 1. The second-order valence-corrected chi connectivity index (χ2v) is 18.1. The fourth-order valence-corrected chi connectivity index (χ4v) is 9.29. The molecule has 0 radical (unpaired) electrons. The van der Waals surface area contributed by atoms with Gasteiger partial charge >= 0.3 is 6.09 Å². The van der Waals surface area contributed by atoms with Crippen molar-refractivity contribution in [3.63, 3.8) is 0 Å². The SMILES string of the molecule is CC(C)(C)OC(=O)N[C@@H](C(=O)N1CCN(CC2CCN(CC(=O)N3CCN(C(=O)c4cc(Cc5n[nH]c(=O)c6ccccc56)ccc4F)CC3)CC2)CC1)C1CCCCC1. The first-order valence-electron chi connectivity index (χ1n) is 21.9. The molecule has 14 nitrogen and oxygen atoms in total. The largest absolute Gasteiger partial charge is 0.444 e. The van der Waals surface area contributed by atoms with Crippen molar-refractivity contribution in [1.82, 2.24) is 40.0 Å². The number of nitrogens with one attached hydrogen (secondary N) is 2. The summed E-state index contributed by atoms with van der Waals surface area (Å²) in [6.45, 7) is 12.8. The van der Waals surface area contributed by atoms with Crippen molar-refractivity contribution < 1.29 is 28.3 Å². The van der Waals surface area contributed by atoms with Gasteiger partial charge in [0.05, 0.1) is 23.2 Å². The van der Waals surface area contributed by atoms with Gasteiger partial charge in [-0.15, -0.1) is 0 Å². The van der Waals surface area contributed by atoms with E-state index in [0.29, 0.717) is 80.2 Å². The number of aromatic nitrogens is 2. The zero-order chi connectivity index (χ0) is 42.4. The van der Waals surface area contributed by atoms with Gasteiger partial charge in [-0.1, -0.05) is 43.5 Å². The molecule has 0 bridgehead atoms. The van der Waals surface area contributed by atoms with E-state index >= 15 is 4.39 Å². The molecular weight excluding hydrogens is 768 g/mol. The lowest BCUT2D eigenvalue weighted by molar-refractivity contribution is -0.137. The summed E-state index contributed by atoms with van der Waals surface area (Å²) >= 11 is 0. The van der Waals surface area contributed by atoms with Gasteiger partial charge in [0.2, 0.25) is 11.8 Å². The van der Waals surface area contributed by atoms with Gasteiger partial charge < -0.3 is 24.8 Å². The molecule has 3 aliphatic heterocycles. The van der Waals surface area contributed by atoms with Crippen LogP contribution in [0.3, 0.4) is 0 Å². The van der Waals surface area contributed by atoms with Gasteiger partial charge in [0.25, 0.3) is 11.5 Å². The van der Waals surface area contributed by atoms with Crippen LogP contribution in [0.1, 0.15) is 87.3 Å². The molecule has 2 N–H and O–H groups in total. The number of rotatable bonds is 10. The van der Waals surface area contributed by atoms with Crippen molar-refractivity contribution in [1.29, 1.82) is 0 Å². The number of carbonyl (C=O) groups is 4. The van der Waals surface area contributed by atoms with Crippen LogP contribution in [0.5, 0.6) is 0 Å². The van der Waals surface area contributed by atoms with E-state index in [9.17, 15) is 24.0 Å². The number of hydrogen-bond acceptors (Lipinski definition) is 9. The average Bonchev–Trinajstić information content (AvgIpc) is 3.25. The van der Waals surface area contributed by atoms with Gasteiger partial charge in [-0.05, 0) is 95.1 Å². The molecule has 1 atom stereocenters. The minimum absolute atomic E-state index is 0.00434. The summed E-state index contributed by atoms with van der Waals surface area (Å²) in [5, 5.41) is 10.9. The number of fused-ring (bicyclic) bond motifs is 1. The smallest absolute Gasteiger partial charge is 0.408 e. The Morgan fingerprint density at radius 2 is 1.47 bits per heavy atom. The van der Waals surface area contributed by atoms with Crippen molar-refractivity contribution >= 4 is 34.6 Å². The number of piperazine rings is 2. The summed E-state index contributed by atoms with van der Waals surface area (Å²) in [7, 11) is 0. The van der Waals surface area contributed by atoms with Crippen LogP contribution in [0.25, 0.3) is 10.8 Å². The number of likely N-dealkylation sites (tertiary alicyclic amines) is 1. The Morgan fingerprint density at radius 3 is 2.15 bits per heavy atom. The predicted octanol–water partition coefficient (Wildman–Crippen LogP) is 4.27. The van der Waals surface area contributed by atoms with Crippen molar-refractivity contribution in [2.75, 3.05) is 78.5 Å². The van der Waals surface area contributed by atoms with Crippen LogP contribution in [0, 0.1) is 17.7 Å². The number of amides is 4. The summed E-state index contributed by atoms with van der Waals surface area (Å²) in [4.78, 5) is 75.7. The molecule has 4 fully saturated rings. The molecule has 15 heteroatoms. The van der Waals surface area contributed by atoms with Crippen LogP contribution in [-0.2, 0) is 20.7 Å². The summed E-state index contributed by atoms with van der Waals surface area (Å²) < 4.78 is 20.6. The third-order valence-corrected chi connectivity index (χ3v) is 12.7. The fraction of sp³-hybridized carbons (Fsp3) is 0.600. The quantitative estimate of drug-likeness (QED) is 0.306. The summed E-state index contributed by atoms with van der Waals surface area (Å²) in [5.74, 6) is -0.315. The minimum Gasteiger partial charge on any atom is -0.444 e. The molecule has 4 aliphatic rings.